The van der Waals surface area contributed by atoms with Crippen LogP contribution in [0.3, 0.4) is 0 Å². The maximum atomic E-state index is 12.8. The molecule has 0 aliphatic carbocycles. The molecule has 0 heterocycles. The van der Waals surface area contributed by atoms with Gasteiger partial charge in [-0.25, -0.2) is 0 Å². The molecule has 0 aliphatic heterocycles. The number of thiocarbonyl (C=S) groups is 1. The van der Waals surface area contributed by atoms with Crippen LogP contribution in [-0.2, 0) is 4.79 Å². The van der Waals surface area contributed by atoms with Gasteiger partial charge < -0.3 is 20.7 Å². The summed E-state index contributed by atoms with van der Waals surface area (Å²) in [7, 11) is 0. The zero-order valence-corrected chi connectivity index (χ0v) is 21.2. The fourth-order valence-corrected chi connectivity index (χ4v) is 3.40. The number of hydrogen-bond donors (Lipinski definition) is 3. The lowest BCUT2D eigenvalue weighted by molar-refractivity contribution is -0.128. The first-order valence-corrected chi connectivity index (χ1v) is 11.6. The quantitative estimate of drug-likeness (QED) is 0.350. The molecule has 2 aromatic carbocycles. The molecule has 33 heavy (non-hydrogen) atoms. The van der Waals surface area contributed by atoms with Gasteiger partial charge in [-0.2, -0.15) is 0 Å². The second-order valence-corrected chi connectivity index (χ2v) is 9.63. The van der Waals surface area contributed by atoms with Gasteiger partial charge in [-0.05, 0) is 88.1 Å². The van der Waals surface area contributed by atoms with Crippen molar-refractivity contribution in [3.8, 4) is 5.75 Å². The van der Waals surface area contributed by atoms with E-state index < -0.39 is 5.41 Å². The molecule has 2 amide bonds. The van der Waals surface area contributed by atoms with Crippen molar-refractivity contribution < 1.29 is 14.3 Å². The third kappa shape index (κ3) is 8.50. The van der Waals surface area contributed by atoms with E-state index >= 15 is 0 Å². The highest BCUT2D eigenvalue weighted by Gasteiger charge is 2.28. The average Bonchev–Trinajstić information content (AvgIpc) is 2.73. The van der Waals surface area contributed by atoms with E-state index in [1.54, 1.807) is 24.3 Å². The zero-order valence-electron chi connectivity index (χ0n) is 20.4. The van der Waals surface area contributed by atoms with Crippen molar-refractivity contribution in [3.05, 3.63) is 59.2 Å². The van der Waals surface area contributed by atoms with E-state index in [9.17, 15) is 9.59 Å². The van der Waals surface area contributed by atoms with Crippen LogP contribution in [0.1, 0.15) is 62.0 Å². The van der Waals surface area contributed by atoms with Crippen molar-refractivity contribution in [2.45, 2.75) is 60.4 Å². The van der Waals surface area contributed by atoms with Gasteiger partial charge in [0.15, 0.2) is 5.11 Å². The summed E-state index contributed by atoms with van der Waals surface area (Å²) in [5.74, 6) is 0.556. The van der Waals surface area contributed by atoms with E-state index in [1.165, 1.54) is 0 Å². The van der Waals surface area contributed by atoms with Crippen molar-refractivity contribution >= 4 is 34.8 Å². The number of aryl methyl sites for hydroxylation is 2. The van der Waals surface area contributed by atoms with Crippen LogP contribution in [0.25, 0.3) is 0 Å². The monoisotopic (exact) mass is 469 g/mol. The Morgan fingerprint density at radius 3 is 2.52 bits per heavy atom. The van der Waals surface area contributed by atoms with Crippen molar-refractivity contribution in [1.82, 2.24) is 10.6 Å². The summed E-state index contributed by atoms with van der Waals surface area (Å²) >= 11 is 5.32. The van der Waals surface area contributed by atoms with Gasteiger partial charge in [0.2, 0.25) is 5.91 Å². The minimum Gasteiger partial charge on any atom is -0.493 e. The first-order chi connectivity index (χ1) is 15.5. The molecule has 6 nitrogen and oxygen atoms in total. The number of ether oxygens (including phenoxy) is 1. The van der Waals surface area contributed by atoms with Crippen LogP contribution >= 0.6 is 12.2 Å². The first-order valence-electron chi connectivity index (χ1n) is 11.2. The van der Waals surface area contributed by atoms with E-state index in [4.69, 9.17) is 17.0 Å². The number of carbonyl (C=O) groups excluding carboxylic acids is 2. The lowest BCUT2D eigenvalue weighted by atomic mass is 9.87. The van der Waals surface area contributed by atoms with Gasteiger partial charge >= 0.3 is 0 Å². The SMILES string of the molecule is Cc1ccc(C)c(OCCCC(C)(C)C(=O)NC(=S)Nc2cccc(C(=O)NC(C)C)c2)c1. The number of carbonyl (C=O) groups is 2. The van der Waals surface area contributed by atoms with Crippen molar-refractivity contribution in [2.24, 2.45) is 5.41 Å². The number of hydrogen-bond acceptors (Lipinski definition) is 4. The lowest BCUT2D eigenvalue weighted by Crippen LogP contribution is -2.42. The third-order valence-electron chi connectivity index (χ3n) is 5.19. The highest BCUT2D eigenvalue weighted by atomic mass is 32.1. The van der Waals surface area contributed by atoms with Crippen LogP contribution in [0, 0.1) is 19.3 Å². The van der Waals surface area contributed by atoms with Gasteiger partial charge in [0.05, 0.1) is 6.61 Å². The summed E-state index contributed by atoms with van der Waals surface area (Å²) < 4.78 is 5.90. The number of amides is 2. The lowest BCUT2D eigenvalue weighted by Gasteiger charge is -2.24. The van der Waals surface area contributed by atoms with Crippen LogP contribution in [0.4, 0.5) is 5.69 Å². The Kier molecular flexibility index (Phi) is 9.41. The third-order valence-corrected chi connectivity index (χ3v) is 5.40. The molecular formula is C26H35N3O3S. The highest BCUT2D eigenvalue weighted by molar-refractivity contribution is 7.80. The van der Waals surface area contributed by atoms with Crippen LogP contribution in [0.2, 0.25) is 0 Å². The van der Waals surface area contributed by atoms with Crippen LogP contribution < -0.4 is 20.7 Å². The summed E-state index contributed by atoms with van der Waals surface area (Å²) in [5.41, 5.74) is 2.79. The van der Waals surface area contributed by atoms with Gasteiger partial charge in [0.25, 0.3) is 5.91 Å². The molecule has 0 aromatic heterocycles. The molecular weight excluding hydrogens is 434 g/mol. The molecule has 0 unspecified atom stereocenters. The second-order valence-electron chi connectivity index (χ2n) is 9.22. The second kappa shape index (κ2) is 11.8. The molecule has 0 saturated carbocycles. The van der Waals surface area contributed by atoms with Gasteiger partial charge in [0, 0.05) is 22.7 Å². The topological polar surface area (TPSA) is 79.5 Å². The van der Waals surface area contributed by atoms with E-state index in [2.05, 4.69) is 22.0 Å². The maximum absolute atomic E-state index is 12.8. The van der Waals surface area contributed by atoms with Gasteiger partial charge in [-0.1, -0.05) is 32.0 Å². The number of rotatable bonds is 9. The molecule has 0 aliphatic rings. The molecule has 0 bridgehead atoms. The average molecular weight is 470 g/mol. The van der Waals surface area contributed by atoms with Crippen molar-refractivity contribution in [3.63, 3.8) is 0 Å². The Hall–Kier alpha value is -2.93. The fraction of sp³-hybridized carbons (Fsp3) is 0.423. The maximum Gasteiger partial charge on any atom is 0.251 e. The van der Waals surface area contributed by atoms with E-state index in [1.807, 2.05) is 53.7 Å². The Balaban J connectivity index is 1.84. The molecule has 178 valence electrons. The minimum absolute atomic E-state index is 0.0444. The highest BCUT2D eigenvalue weighted by Crippen LogP contribution is 2.24. The van der Waals surface area contributed by atoms with Crippen LogP contribution in [0.15, 0.2) is 42.5 Å². The predicted octanol–water partition coefficient (Wildman–Crippen LogP) is 5.14. The number of nitrogens with one attached hydrogen (secondary N) is 3. The first kappa shape index (κ1) is 26.3. The van der Waals surface area contributed by atoms with Crippen LogP contribution in [0.5, 0.6) is 5.75 Å². The minimum atomic E-state index is -0.615. The van der Waals surface area contributed by atoms with Gasteiger partial charge in [0.1, 0.15) is 5.75 Å². The van der Waals surface area contributed by atoms with Gasteiger partial charge in [-0.3, -0.25) is 9.59 Å². The molecule has 0 radical (unpaired) electrons. The smallest absolute Gasteiger partial charge is 0.251 e. The molecule has 0 atom stereocenters. The Morgan fingerprint density at radius 1 is 1.09 bits per heavy atom. The summed E-state index contributed by atoms with van der Waals surface area (Å²) in [5, 5.41) is 8.80. The Bertz CT molecular complexity index is 1000. The predicted molar refractivity (Wildman–Crippen MR) is 138 cm³/mol. The zero-order chi connectivity index (χ0) is 24.6. The summed E-state index contributed by atoms with van der Waals surface area (Å²) in [6.07, 6.45) is 1.39. The fourth-order valence-electron chi connectivity index (χ4n) is 3.19. The summed E-state index contributed by atoms with van der Waals surface area (Å²) in [4.78, 5) is 25.0. The molecule has 2 rings (SSSR count). The summed E-state index contributed by atoms with van der Waals surface area (Å²) in [6, 6.07) is 13.2. The summed E-state index contributed by atoms with van der Waals surface area (Å²) in [6.45, 7) is 12.2. The molecule has 0 spiro atoms. The number of benzene rings is 2. The van der Waals surface area contributed by atoms with Gasteiger partial charge in [-0.15, -0.1) is 0 Å². The normalized spacial score (nSPS) is 11.1. The molecule has 2 aromatic rings. The van der Waals surface area contributed by atoms with E-state index in [-0.39, 0.29) is 23.0 Å². The standard InChI is InChI=1S/C26H35N3O3S/c1-17(2)27-23(30)20-9-7-10-21(16-20)28-25(33)29-24(31)26(5,6)13-8-14-32-22-15-18(3)11-12-19(22)4/h7,9-12,15-17H,8,13-14H2,1-6H3,(H,27,30)(H2,28,29,31,33). The Morgan fingerprint density at radius 2 is 1.82 bits per heavy atom. The Labute approximate surface area is 202 Å². The number of anilines is 1. The molecule has 0 saturated heterocycles. The molecule has 7 heteroatoms. The largest absolute Gasteiger partial charge is 0.493 e. The molecule has 3 N–H and O–H groups in total. The van der Waals surface area contributed by atoms with Crippen molar-refractivity contribution in [1.29, 1.82) is 0 Å². The van der Waals surface area contributed by atoms with Crippen LogP contribution in [-0.4, -0.2) is 29.6 Å². The van der Waals surface area contributed by atoms with Crippen molar-refractivity contribution in [2.75, 3.05) is 11.9 Å². The molecule has 0 fully saturated rings. The van der Waals surface area contributed by atoms with E-state index in [0.29, 0.717) is 24.3 Å². The van der Waals surface area contributed by atoms with E-state index in [0.717, 1.165) is 23.3 Å².